The number of hydrogen-bond acceptors (Lipinski definition) is 4. The molecule has 0 heterocycles. The van der Waals surface area contributed by atoms with Crippen LogP contribution in [0.15, 0.2) is 12.1 Å². The molecule has 0 aliphatic heterocycles. The molecule has 0 saturated carbocycles. The van der Waals surface area contributed by atoms with E-state index in [9.17, 15) is 19.3 Å². The summed E-state index contributed by atoms with van der Waals surface area (Å²) < 4.78 is 18.1. The number of hydrogen-bond donors (Lipinski definition) is 1. The molecule has 0 radical (unpaired) electrons. The molecule has 1 aromatic carbocycles. The van der Waals surface area contributed by atoms with Crippen LogP contribution in [0.4, 0.5) is 10.1 Å². The van der Waals surface area contributed by atoms with Gasteiger partial charge in [-0.1, -0.05) is 0 Å². The fourth-order valence-corrected chi connectivity index (χ4v) is 1.14. The fourth-order valence-electron chi connectivity index (χ4n) is 1.14. The summed E-state index contributed by atoms with van der Waals surface area (Å²) in [6, 6.07) is 1.51. The molecular formula is C9H8FNO5. The minimum absolute atomic E-state index is 0.0728. The molecule has 1 aromatic rings. The van der Waals surface area contributed by atoms with Gasteiger partial charge >= 0.3 is 11.7 Å². The summed E-state index contributed by atoms with van der Waals surface area (Å²) in [5.74, 6) is -2.99. The van der Waals surface area contributed by atoms with Crippen molar-refractivity contribution in [3.63, 3.8) is 0 Å². The molecule has 0 spiro atoms. The molecule has 0 bridgehead atoms. The van der Waals surface area contributed by atoms with Crippen LogP contribution in [0.25, 0.3) is 0 Å². The minimum atomic E-state index is -1.38. The molecule has 0 atom stereocenters. The zero-order valence-electron chi connectivity index (χ0n) is 8.27. The first kappa shape index (κ1) is 11.9. The number of carbonyl (C=O) groups is 1. The third-order valence-electron chi connectivity index (χ3n) is 1.76. The van der Waals surface area contributed by atoms with Gasteiger partial charge in [-0.2, -0.15) is 4.39 Å². The van der Waals surface area contributed by atoms with Gasteiger partial charge in [0.15, 0.2) is 0 Å². The second kappa shape index (κ2) is 4.56. The van der Waals surface area contributed by atoms with Crippen molar-refractivity contribution in [3.8, 4) is 5.75 Å². The third-order valence-corrected chi connectivity index (χ3v) is 1.76. The van der Waals surface area contributed by atoms with Gasteiger partial charge in [0.05, 0.1) is 17.1 Å². The van der Waals surface area contributed by atoms with Crippen LogP contribution in [0.2, 0.25) is 0 Å². The maximum absolute atomic E-state index is 13.3. The van der Waals surface area contributed by atoms with Gasteiger partial charge in [-0.25, -0.2) is 4.79 Å². The molecule has 0 unspecified atom stereocenters. The van der Waals surface area contributed by atoms with Crippen LogP contribution in [0.1, 0.15) is 17.3 Å². The van der Waals surface area contributed by atoms with E-state index in [1.807, 2.05) is 0 Å². The highest BCUT2D eigenvalue weighted by atomic mass is 19.1. The predicted molar refractivity (Wildman–Crippen MR) is 51.2 cm³/mol. The summed E-state index contributed by atoms with van der Waals surface area (Å²) >= 11 is 0. The van der Waals surface area contributed by atoms with Gasteiger partial charge in [0.2, 0.25) is 11.6 Å². The molecular weight excluding hydrogens is 221 g/mol. The van der Waals surface area contributed by atoms with E-state index in [0.717, 1.165) is 6.07 Å². The second-order valence-corrected chi connectivity index (χ2v) is 2.80. The molecule has 0 amide bonds. The number of carboxylic acid groups (broad SMARTS) is 1. The Morgan fingerprint density at radius 2 is 2.25 bits per heavy atom. The summed E-state index contributed by atoms with van der Waals surface area (Å²) in [6.45, 7) is 1.62. The van der Waals surface area contributed by atoms with Gasteiger partial charge in [-0.15, -0.1) is 0 Å². The van der Waals surface area contributed by atoms with Crippen molar-refractivity contribution in [3.05, 3.63) is 33.6 Å². The molecule has 86 valence electrons. The molecule has 1 rings (SSSR count). The highest BCUT2D eigenvalue weighted by Crippen LogP contribution is 2.31. The zero-order chi connectivity index (χ0) is 12.3. The summed E-state index contributed by atoms with van der Waals surface area (Å²) in [5.41, 5.74) is -1.25. The van der Waals surface area contributed by atoms with Crippen molar-refractivity contribution in [1.82, 2.24) is 0 Å². The molecule has 1 N–H and O–H groups in total. The summed E-state index contributed by atoms with van der Waals surface area (Å²) in [7, 11) is 0. The number of nitrogens with zero attached hydrogens (tertiary/aromatic N) is 1. The number of ether oxygens (including phenoxy) is 1. The molecule has 0 saturated heterocycles. The van der Waals surface area contributed by atoms with Crippen LogP contribution >= 0.6 is 0 Å². The Morgan fingerprint density at radius 3 is 2.69 bits per heavy atom. The van der Waals surface area contributed by atoms with Crippen LogP contribution in [-0.4, -0.2) is 22.6 Å². The van der Waals surface area contributed by atoms with Gasteiger partial charge < -0.3 is 9.84 Å². The van der Waals surface area contributed by atoms with Gasteiger partial charge in [0, 0.05) is 6.07 Å². The number of halogens is 1. The average molecular weight is 229 g/mol. The van der Waals surface area contributed by atoms with Crippen LogP contribution < -0.4 is 4.74 Å². The van der Waals surface area contributed by atoms with E-state index in [1.54, 1.807) is 6.92 Å². The monoisotopic (exact) mass is 229 g/mol. The number of nitro groups is 1. The van der Waals surface area contributed by atoms with Crippen molar-refractivity contribution < 1.29 is 24.0 Å². The van der Waals surface area contributed by atoms with Crippen molar-refractivity contribution in [2.75, 3.05) is 6.61 Å². The van der Waals surface area contributed by atoms with E-state index in [1.165, 1.54) is 0 Å². The maximum atomic E-state index is 13.3. The van der Waals surface area contributed by atoms with Gasteiger partial charge in [-0.3, -0.25) is 10.1 Å². The highest BCUT2D eigenvalue weighted by Gasteiger charge is 2.24. The number of carboxylic acids is 1. The van der Waals surface area contributed by atoms with Gasteiger partial charge in [0.25, 0.3) is 0 Å². The molecule has 16 heavy (non-hydrogen) atoms. The molecule has 0 fully saturated rings. The Morgan fingerprint density at radius 1 is 1.62 bits per heavy atom. The first-order valence-corrected chi connectivity index (χ1v) is 4.31. The van der Waals surface area contributed by atoms with Crippen LogP contribution in [0.3, 0.4) is 0 Å². The van der Waals surface area contributed by atoms with Crippen molar-refractivity contribution in [2.45, 2.75) is 6.92 Å². The second-order valence-electron chi connectivity index (χ2n) is 2.80. The van der Waals surface area contributed by atoms with Crippen molar-refractivity contribution in [2.24, 2.45) is 0 Å². The van der Waals surface area contributed by atoms with Gasteiger partial charge in [0.1, 0.15) is 0 Å². The molecule has 0 aliphatic carbocycles. The Kier molecular flexibility index (Phi) is 3.39. The molecule has 0 aromatic heterocycles. The predicted octanol–water partition coefficient (Wildman–Crippen LogP) is 1.83. The number of benzene rings is 1. The standard InChI is InChI=1S/C9H8FNO5/c1-2-16-7-4-5(9(12)13)3-6(10)8(7)11(14)15/h3-4H,2H2,1H3,(H,12,13). The molecule has 0 aliphatic rings. The minimum Gasteiger partial charge on any atom is -0.487 e. The van der Waals surface area contributed by atoms with Gasteiger partial charge in [-0.05, 0) is 13.0 Å². The van der Waals surface area contributed by atoms with E-state index >= 15 is 0 Å². The topological polar surface area (TPSA) is 89.7 Å². The third kappa shape index (κ3) is 2.25. The lowest BCUT2D eigenvalue weighted by molar-refractivity contribution is -0.388. The van der Waals surface area contributed by atoms with E-state index in [-0.39, 0.29) is 12.4 Å². The van der Waals surface area contributed by atoms with Crippen LogP contribution in [0.5, 0.6) is 5.75 Å². The van der Waals surface area contributed by atoms with Crippen molar-refractivity contribution >= 4 is 11.7 Å². The molecule has 7 heteroatoms. The Balaban J connectivity index is 3.38. The van der Waals surface area contributed by atoms with E-state index in [4.69, 9.17) is 9.84 Å². The Hall–Kier alpha value is -2.18. The van der Waals surface area contributed by atoms with Crippen LogP contribution in [0, 0.1) is 15.9 Å². The average Bonchev–Trinajstić information content (AvgIpc) is 2.16. The number of aromatic carboxylic acids is 1. The lowest BCUT2D eigenvalue weighted by atomic mass is 10.2. The van der Waals surface area contributed by atoms with E-state index < -0.39 is 28.0 Å². The summed E-state index contributed by atoms with van der Waals surface area (Å²) in [4.78, 5) is 20.2. The summed E-state index contributed by atoms with van der Waals surface area (Å²) in [5, 5.41) is 19.2. The van der Waals surface area contributed by atoms with Crippen molar-refractivity contribution in [1.29, 1.82) is 0 Å². The first-order valence-electron chi connectivity index (χ1n) is 4.31. The quantitative estimate of drug-likeness (QED) is 0.628. The normalized spacial score (nSPS) is 9.88. The summed E-state index contributed by atoms with van der Waals surface area (Å²) in [6.07, 6.45) is 0. The lowest BCUT2D eigenvalue weighted by Gasteiger charge is -2.05. The maximum Gasteiger partial charge on any atom is 0.346 e. The first-order chi connectivity index (χ1) is 7.47. The van der Waals surface area contributed by atoms with E-state index in [0.29, 0.717) is 6.07 Å². The Labute approximate surface area is 89.4 Å². The lowest BCUT2D eigenvalue weighted by Crippen LogP contribution is -2.04. The SMILES string of the molecule is CCOc1cc(C(=O)O)cc(F)c1[N+](=O)[O-]. The van der Waals surface area contributed by atoms with Crippen LogP contribution in [-0.2, 0) is 0 Å². The zero-order valence-corrected chi connectivity index (χ0v) is 8.27. The largest absolute Gasteiger partial charge is 0.487 e. The van der Waals surface area contributed by atoms with E-state index in [2.05, 4.69) is 0 Å². The smallest absolute Gasteiger partial charge is 0.346 e. The number of nitro benzene ring substituents is 1. The molecule has 6 nitrogen and oxygen atoms in total. The highest BCUT2D eigenvalue weighted by molar-refractivity contribution is 5.88. The Bertz CT molecular complexity index is 446. The number of rotatable bonds is 4. The fraction of sp³-hybridized carbons (Fsp3) is 0.222.